The normalized spacial score (nSPS) is 10.4. The number of aryl methyl sites for hydroxylation is 1. The van der Waals surface area contributed by atoms with Gasteiger partial charge in [-0.25, -0.2) is 4.79 Å². The molecule has 0 bridgehead atoms. The molecule has 0 spiro atoms. The third-order valence-electron chi connectivity index (χ3n) is 2.71. The first kappa shape index (κ1) is 15.4. The molecule has 1 amide bonds. The number of amides is 1. The van der Waals surface area contributed by atoms with Crippen molar-refractivity contribution in [1.82, 2.24) is 9.59 Å². The number of nitrogens with one attached hydrogen (secondary N) is 1. The Labute approximate surface area is 129 Å². The first-order valence-electron chi connectivity index (χ1n) is 6.18. The van der Waals surface area contributed by atoms with Gasteiger partial charge in [-0.2, -0.15) is 0 Å². The van der Waals surface area contributed by atoms with Gasteiger partial charge in [0.05, 0.1) is 22.0 Å². The van der Waals surface area contributed by atoms with E-state index in [-0.39, 0.29) is 16.3 Å². The Hall–Kier alpha value is -1.99. The number of hydrogen-bond donors (Lipinski definition) is 2. The second-order valence-electron chi connectivity index (χ2n) is 4.25. The van der Waals surface area contributed by atoms with Gasteiger partial charge in [0.25, 0.3) is 5.91 Å². The number of anilines is 1. The van der Waals surface area contributed by atoms with Gasteiger partial charge in [0.1, 0.15) is 4.88 Å². The fourth-order valence-corrected chi connectivity index (χ4v) is 2.48. The van der Waals surface area contributed by atoms with Crippen LogP contribution in [0.4, 0.5) is 5.69 Å². The van der Waals surface area contributed by atoms with Gasteiger partial charge in [0, 0.05) is 0 Å². The highest BCUT2D eigenvalue weighted by Crippen LogP contribution is 2.24. The summed E-state index contributed by atoms with van der Waals surface area (Å²) in [7, 11) is 0. The molecule has 0 aliphatic rings. The molecule has 2 aromatic rings. The van der Waals surface area contributed by atoms with E-state index >= 15 is 0 Å². The number of carboxylic acids is 1. The van der Waals surface area contributed by atoms with Crippen molar-refractivity contribution >= 4 is 40.7 Å². The third-order valence-corrected chi connectivity index (χ3v) is 3.81. The van der Waals surface area contributed by atoms with Gasteiger partial charge < -0.3 is 10.4 Å². The van der Waals surface area contributed by atoms with Crippen molar-refractivity contribution in [3.8, 4) is 0 Å². The van der Waals surface area contributed by atoms with Crippen LogP contribution in [0.5, 0.6) is 0 Å². The number of halogens is 1. The van der Waals surface area contributed by atoms with Crippen molar-refractivity contribution in [1.29, 1.82) is 0 Å². The van der Waals surface area contributed by atoms with Crippen LogP contribution in [0, 0.1) is 0 Å². The average Bonchev–Trinajstić information content (AvgIpc) is 2.89. The number of carbonyl (C=O) groups excluding carboxylic acids is 1. The molecule has 21 heavy (non-hydrogen) atoms. The second kappa shape index (κ2) is 6.64. The summed E-state index contributed by atoms with van der Waals surface area (Å²) in [5, 5.41) is 15.7. The lowest BCUT2D eigenvalue weighted by molar-refractivity contribution is 0.0696. The number of aromatic carboxylic acids is 1. The molecule has 1 aromatic carbocycles. The van der Waals surface area contributed by atoms with Crippen molar-refractivity contribution in [3.05, 3.63) is 39.4 Å². The second-order valence-corrected chi connectivity index (χ2v) is 5.41. The number of benzene rings is 1. The summed E-state index contributed by atoms with van der Waals surface area (Å²) >= 11 is 6.97. The third kappa shape index (κ3) is 3.56. The first-order valence-corrected chi connectivity index (χ1v) is 7.33. The van der Waals surface area contributed by atoms with E-state index in [1.807, 2.05) is 6.92 Å². The summed E-state index contributed by atoms with van der Waals surface area (Å²) in [5.41, 5.74) is 0.925. The van der Waals surface area contributed by atoms with Gasteiger partial charge in [-0.05, 0) is 36.2 Å². The van der Waals surface area contributed by atoms with Gasteiger partial charge in [-0.15, -0.1) is 5.10 Å². The molecular weight excluding hydrogens is 314 g/mol. The van der Waals surface area contributed by atoms with Crippen LogP contribution in [0.15, 0.2) is 18.2 Å². The molecule has 1 aromatic heterocycles. The van der Waals surface area contributed by atoms with E-state index in [0.29, 0.717) is 17.0 Å². The van der Waals surface area contributed by atoms with Crippen LogP contribution >= 0.6 is 23.1 Å². The number of hydrogen-bond acceptors (Lipinski definition) is 5. The van der Waals surface area contributed by atoms with Crippen molar-refractivity contribution < 1.29 is 14.7 Å². The van der Waals surface area contributed by atoms with Crippen molar-refractivity contribution in [3.63, 3.8) is 0 Å². The Balaban J connectivity index is 2.25. The van der Waals surface area contributed by atoms with Crippen LogP contribution in [-0.2, 0) is 6.42 Å². The van der Waals surface area contributed by atoms with E-state index in [0.717, 1.165) is 18.0 Å². The Morgan fingerprint density at radius 1 is 1.43 bits per heavy atom. The molecule has 0 saturated heterocycles. The molecule has 0 aliphatic carbocycles. The minimum Gasteiger partial charge on any atom is -0.478 e. The van der Waals surface area contributed by atoms with Crippen molar-refractivity contribution in [2.45, 2.75) is 19.8 Å². The Morgan fingerprint density at radius 3 is 2.86 bits per heavy atom. The quantitative estimate of drug-likeness (QED) is 0.881. The minimum absolute atomic E-state index is 0.0471. The maximum Gasteiger partial charge on any atom is 0.335 e. The largest absolute Gasteiger partial charge is 0.478 e. The van der Waals surface area contributed by atoms with Gasteiger partial charge >= 0.3 is 5.97 Å². The fraction of sp³-hybridized carbons (Fsp3) is 0.231. The van der Waals surface area contributed by atoms with Crippen LogP contribution < -0.4 is 5.32 Å². The van der Waals surface area contributed by atoms with E-state index in [2.05, 4.69) is 14.9 Å². The van der Waals surface area contributed by atoms with Gasteiger partial charge in [0.2, 0.25) is 0 Å². The van der Waals surface area contributed by atoms with E-state index in [4.69, 9.17) is 16.7 Å². The van der Waals surface area contributed by atoms with Crippen molar-refractivity contribution in [2.24, 2.45) is 0 Å². The Bertz CT molecular complexity index is 687. The highest BCUT2D eigenvalue weighted by atomic mass is 35.5. The number of carbonyl (C=O) groups is 2. The Morgan fingerprint density at radius 2 is 2.19 bits per heavy atom. The fourth-order valence-electron chi connectivity index (χ4n) is 1.71. The highest BCUT2D eigenvalue weighted by molar-refractivity contribution is 7.08. The summed E-state index contributed by atoms with van der Waals surface area (Å²) in [5.74, 6) is -1.48. The minimum atomic E-state index is -1.09. The number of nitrogens with zero attached hydrogens (tertiary/aromatic N) is 2. The van der Waals surface area contributed by atoms with Crippen LogP contribution in [0.3, 0.4) is 0 Å². The van der Waals surface area contributed by atoms with Crippen LogP contribution in [0.2, 0.25) is 5.02 Å². The van der Waals surface area contributed by atoms with E-state index in [9.17, 15) is 9.59 Å². The lowest BCUT2D eigenvalue weighted by atomic mass is 10.2. The molecule has 0 aliphatic heterocycles. The smallest absolute Gasteiger partial charge is 0.335 e. The summed E-state index contributed by atoms with van der Waals surface area (Å²) in [4.78, 5) is 23.6. The summed E-state index contributed by atoms with van der Waals surface area (Å²) in [6.07, 6.45) is 1.50. The number of carboxylic acid groups (broad SMARTS) is 1. The maximum absolute atomic E-state index is 12.2. The number of aromatic nitrogens is 2. The zero-order chi connectivity index (χ0) is 15.4. The molecule has 2 rings (SSSR count). The van der Waals surface area contributed by atoms with Crippen LogP contribution in [0.25, 0.3) is 0 Å². The summed E-state index contributed by atoms with van der Waals surface area (Å²) in [6.45, 7) is 1.98. The van der Waals surface area contributed by atoms with Crippen molar-refractivity contribution in [2.75, 3.05) is 5.32 Å². The molecule has 0 unspecified atom stereocenters. The highest BCUT2D eigenvalue weighted by Gasteiger charge is 2.17. The summed E-state index contributed by atoms with van der Waals surface area (Å²) in [6, 6.07) is 4.12. The molecular formula is C13H12ClN3O3S. The molecule has 6 nitrogen and oxygen atoms in total. The van der Waals surface area contributed by atoms with Gasteiger partial charge in [-0.1, -0.05) is 29.4 Å². The molecule has 0 fully saturated rings. The monoisotopic (exact) mass is 325 g/mol. The van der Waals surface area contributed by atoms with E-state index in [1.165, 1.54) is 18.2 Å². The molecule has 0 atom stereocenters. The molecule has 8 heteroatoms. The zero-order valence-electron chi connectivity index (χ0n) is 11.1. The van der Waals surface area contributed by atoms with E-state index < -0.39 is 11.9 Å². The standard InChI is InChI=1S/C13H12ClN3O3S/c1-2-3-9-11(21-17-16-9)12(18)15-10-6-7(13(19)20)4-5-8(10)14/h4-6H,2-3H2,1H3,(H,15,18)(H,19,20). The van der Waals surface area contributed by atoms with Crippen LogP contribution in [-0.4, -0.2) is 26.6 Å². The molecule has 1 heterocycles. The topological polar surface area (TPSA) is 92.2 Å². The van der Waals surface area contributed by atoms with Gasteiger partial charge in [-0.3, -0.25) is 4.79 Å². The SMILES string of the molecule is CCCc1nnsc1C(=O)Nc1cc(C(=O)O)ccc1Cl. The van der Waals surface area contributed by atoms with Gasteiger partial charge in [0.15, 0.2) is 0 Å². The molecule has 2 N–H and O–H groups in total. The maximum atomic E-state index is 12.2. The first-order chi connectivity index (χ1) is 10.0. The predicted molar refractivity (Wildman–Crippen MR) is 80.3 cm³/mol. The average molecular weight is 326 g/mol. The molecule has 0 radical (unpaired) electrons. The molecule has 110 valence electrons. The Kier molecular flexibility index (Phi) is 4.87. The lowest BCUT2D eigenvalue weighted by Gasteiger charge is -2.07. The predicted octanol–water partition coefficient (Wildman–Crippen LogP) is 3.09. The molecule has 0 saturated carbocycles. The lowest BCUT2D eigenvalue weighted by Crippen LogP contribution is -2.13. The van der Waals surface area contributed by atoms with E-state index in [1.54, 1.807) is 0 Å². The number of rotatable bonds is 5. The summed E-state index contributed by atoms with van der Waals surface area (Å²) < 4.78 is 3.78. The zero-order valence-corrected chi connectivity index (χ0v) is 12.7. The van der Waals surface area contributed by atoms with Crippen LogP contribution in [0.1, 0.15) is 39.1 Å².